The predicted octanol–water partition coefficient (Wildman–Crippen LogP) is 2.45. The van der Waals surface area contributed by atoms with Crippen LogP contribution in [0.4, 0.5) is 5.69 Å². The van der Waals surface area contributed by atoms with Gasteiger partial charge >= 0.3 is 5.97 Å². The minimum Gasteiger partial charge on any atom is -0.482 e. The first-order chi connectivity index (χ1) is 11.8. The fourth-order valence-corrected chi connectivity index (χ4v) is 2.12. The first-order valence-corrected chi connectivity index (χ1v) is 7.34. The van der Waals surface area contributed by atoms with E-state index in [9.17, 15) is 14.9 Å². The van der Waals surface area contributed by atoms with E-state index in [4.69, 9.17) is 10.5 Å². The molecule has 0 aliphatic carbocycles. The number of oxime groups is 1. The van der Waals surface area contributed by atoms with E-state index in [0.717, 1.165) is 11.1 Å². The molecule has 2 rings (SSSR count). The summed E-state index contributed by atoms with van der Waals surface area (Å²) in [5.74, 6) is -0.346. The van der Waals surface area contributed by atoms with Gasteiger partial charge in [0.15, 0.2) is 12.4 Å². The van der Waals surface area contributed by atoms with E-state index in [0.29, 0.717) is 5.75 Å². The van der Waals surface area contributed by atoms with Crippen molar-refractivity contribution < 1.29 is 19.3 Å². The van der Waals surface area contributed by atoms with Crippen molar-refractivity contribution in [2.24, 2.45) is 10.9 Å². The third kappa shape index (κ3) is 5.31. The Morgan fingerprint density at radius 3 is 2.52 bits per heavy atom. The van der Waals surface area contributed by atoms with Crippen molar-refractivity contribution in [1.82, 2.24) is 0 Å². The average Bonchev–Trinajstić information content (AvgIpc) is 2.57. The van der Waals surface area contributed by atoms with Crippen LogP contribution in [0.3, 0.4) is 0 Å². The van der Waals surface area contributed by atoms with E-state index in [1.165, 1.54) is 24.3 Å². The van der Waals surface area contributed by atoms with Crippen LogP contribution in [0.25, 0.3) is 0 Å². The lowest BCUT2D eigenvalue weighted by Crippen LogP contribution is -2.18. The largest absolute Gasteiger partial charge is 0.482 e. The Kier molecular flexibility index (Phi) is 5.67. The number of ether oxygens (including phenoxy) is 1. The number of nitro benzene ring substituents is 1. The molecule has 0 spiro atoms. The number of carbonyl (C=O) groups excluding carboxylic acids is 1. The molecule has 2 aromatic rings. The minimum atomic E-state index is -0.743. The molecule has 0 saturated carbocycles. The van der Waals surface area contributed by atoms with Gasteiger partial charge in [0.05, 0.1) is 4.92 Å². The van der Waals surface area contributed by atoms with Crippen LogP contribution in [0.15, 0.2) is 47.6 Å². The number of aryl methyl sites for hydroxylation is 2. The molecule has 8 heteroatoms. The highest BCUT2D eigenvalue weighted by Crippen LogP contribution is 2.16. The molecule has 0 aromatic heterocycles. The molecule has 2 aromatic carbocycles. The third-order valence-corrected chi connectivity index (χ3v) is 3.15. The topological polar surface area (TPSA) is 117 Å². The number of amidine groups is 1. The number of benzene rings is 2. The molecule has 2 N–H and O–H groups in total. The number of rotatable bonds is 6. The molecule has 25 heavy (non-hydrogen) atoms. The molecular formula is C17H17N3O5. The molecule has 0 amide bonds. The number of nitrogens with two attached hydrogens (primary N) is 1. The van der Waals surface area contributed by atoms with Crippen LogP contribution >= 0.6 is 0 Å². The van der Waals surface area contributed by atoms with Crippen molar-refractivity contribution in [3.63, 3.8) is 0 Å². The zero-order chi connectivity index (χ0) is 18.4. The van der Waals surface area contributed by atoms with Crippen molar-refractivity contribution in [3.8, 4) is 5.75 Å². The van der Waals surface area contributed by atoms with Gasteiger partial charge in [0, 0.05) is 17.7 Å². The summed E-state index contributed by atoms with van der Waals surface area (Å²) in [6, 6.07) is 11.1. The van der Waals surface area contributed by atoms with Gasteiger partial charge in [0.1, 0.15) is 5.75 Å². The van der Waals surface area contributed by atoms with Gasteiger partial charge in [-0.3, -0.25) is 10.1 Å². The maximum Gasteiger partial charge on any atom is 0.372 e. The van der Waals surface area contributed by atoms with Crippen molar-refractivity contribution in [3.05, 3.63) is 69.3 Å². The van der Waals surface area contributed by atoms with Crippen LogP contribution in [-0.4, -0.2) is 23.3 Å². The van der Waals surface area contributed by atoms with E-state index in [1.807, 2.05) is 19.9 Å². The number of hydrogen-bond donors (Lipinski definition) is 1. The fraction of sp³-hybridized carbons (Fsp3) is 0.176. The molecule has 0 fully saturated rings. The van der Waals surface area contributed by atoms with Crippen molar-refractivity contribution in [1.29, 1.82) is 0 Å². The molecule has 0 heterocycles. The smallest absolute Gasteiger partial charge is 0.372 e. The molecule has 8 nitrogen and oxygen atoms in total. The molecule has 0 saturated heterocycles. The molecule has 0 bridgehead atoms. The van der Waals surface area contributed by atoms with Crippen LogP contribution < -0.4 is 10.5 Å². The second kappa shape index (κ2) is 7.91. The second-order valence-corrected chi connectivity index (χ2v) is 5.36. The molecule has 0 atom stereocenters. The number of non-ortho nitro benzene ring substituents is 1. The minimum absolute atomic E-state index is 0.139. The van der Waals surface area contributed by atoms with Crippen molar-refractivity contribution in [2.45, 2.75) is 13.8 Å². The summed E-state index contributed by atoms with van der Waals surface area (Å²) >= 11 is 0. The summed E-state index contributed by atoms with van der Waals surface area (Å²) in [6.07, 6.45) is 0. The van der Waals surface area contributed by atoms with Gasteiger partial charge in [0.25, 0.3) is 5.69 Å². The number of nitrogens with zero attached hydrogens (tertiary/aromatic N) is 2. The summed E-state index contributed by atoms with van der Waals surface area (Å²) in [6.45, 7) is 3.50. The van der Waals surface area contributed by atoms with Gasteiger partial charge in [-0.15, -0.1) is 0 Å². The number of nitro groups is 1. The molecule has 0 unspecified atom stereocenters. The lowest BCUT2D eigenvalue weighted by molar-refractivity contribution is -0.384. The van der Waals surface area contributed by atoms with E-state index in [-0.39, 0.29) is 23.7 Å². The normalized spacial score (nSPS) is 11.0. The Balaban J connectivity index is 1.95. The first kappa shape index (κ1) is 17.9. The average molecular weight is 343 g/mol. The zero-order valence-corrected chi connectivity index (χ0v) is 13.8. The Bertz CT molecular complexity index is 813. The maximum atomic E-state index is 11.7. The van der Waals surface area contributed by atoms with Gasteiger partial charge in [-0.2, -0.15) is 0 Å². The van der Waals surface area contributed by atoms with E-state index in [2.05, 4.69) is 9.99 Å². The summed E-state index contributed by atoms with van der Waals surface area (Å²) < 4.78 is 5.34. The summed E-state index contributed by atoms with van der Waals surface area (Å²) in [5, 5.41) is 14.2. The van der Waals surface area contributed by atoms with Gasteiger partial charge in [-0.1, -0.05) is 23.4 Å². The Labute approximate surface area is 144 Å². The Morgan fingerprint density at radius 2 is 1.88 bits per heavy atom. The Hall–Kier alpha value is -3.42. The number of carbonyl (C=O) groups is 1. The van der Waals surface area contributed by atoms with E-state index >= 15 is 0 Å². The predicted molar refractivity (Wildman–Crippen MR) is 91.3 cm³/mol. The number of hydrogen-bond acceptors (Lipinski definition) is 6. The zero-order valence-electron chi connectivity index (χ0n) is 13.8. The highest BCUT2D eigenvalue weighted by molar-refractivity contribution is 5.97. The monoisotopic (exact) mass is 343 g/mol. The SMILES string of the molecule is Cc1cc(C)cc(OCC(=O)O/N=C(\N)c2cccc([N+](=O)[O-])c2)c1. The van der Waals surface area contributed by atoms with E-state index in [1.54, 1.807) is 12.1 Å². The lowest BCUT2D eigenvalue weighted by Gasteiger charge is -2.06. The van der Waals surface area contributed by atoms with Gasteiger partial charge in [-0.25, -0.2) is 4.79 Å². The van der Waals surface area contributed by atoms with Crippen LogP contribution in [0.1, 0.15) is 16.7 Å². The quantitative estimate of drug-likeness (QED) is 0.283. The van der Waals surface area contributed by atoms with Crippen LogP contribution in [0.2, 0.25) is 0 Å². The lowest BCUT2D eigenvalue weighted by atomic mass is 10.1. The molecule has 130 valence electrons. The fourth-order valence-electron chi connectivity index (χ4n) is 2.12. The highest BCUT2D eigenvalue weighted by Gasteiger charge is 2.10. The van der Waals surface area contributed by atoms with Crippen LogP contribution in [0.5, 0.6) is 5.75 Å². The standard InChI is InChI=1S/C17H17N3O5/c1-11-6-12(2)8-15(7-11)24-10-16(21)25-19-17(18)13-4-3-5-14(9-13)20(22)23/h3-9H,10H2,1-2H3,(H2,18,19). The first-order valence-electron chi connectivity index (χ1n) is 7.34. The maximum absolute atomic E-state index is 11.7. The second-order valence-electron chi connectivity index (χ2n) is 5.36. The van der Waals surface area contributed by atoms with Gasteiger partial charge < -0.3 is 15.3 Å². The third-order valence-electron chi connectivity index (χ3n) is 3.15. The van der Waals surface area contributed by atoms with Crippen LogP contribution in [0, 0.1) is 24.0 Å². The Morgan fingerprint density at radius 1 is 1.20 bits per heavy atom. The van der Waals surface area contributed by atoms with E-state index < -0.39 is 10.9 Å². The summed E-state index contributed by atoms with van der Waals surface area (Å²) in [5.41, 5.74) is 7.83. The molecule has 0 radical (unpaired) electrons. The van der Waals surface area contributed by atoms with Crippen molar-refractivity contribution in [2.75, 3.05) is 6.61 Å². The van der Waals surface area contributed by atoms with Crippen molar-refractivity contribution >= 4 is 17.5 Å². The molecule has 0 aliphatic rings. The summed E-state index contributed by atoms with van der Waals surface area (Å²) in [7, 11) is 0. The molecular weight excluding hydrogens is 326 g/mol. The van der Waals surface area contributed by atoms with Crippen LogP contribution in [-0.2, 0) is 9.63 Å². The van der Waals surface area contributed by atoms with Gasteiger partial charge in [0.2, 0.25) is 0 Å². The molecule has 0 aliphatic heterocycles. The summed E-state index contributed by atoms with van der Waals surface area (Å²) in [4.78, 5) is 26.5. The highest BCUT2D eigenvalue weighted by atomic mass is 16.7. The van der Waals surface area contributed by atoms with Gasteiger partial charge in [-0.05, 0) is 37.1 Å².